The number of carbonyl (C=O) groups is 1. The summed E-state index contributed by atoms with van der Waals surface area (Å²) in [5, 5.41) is 0. The first kappa shape index (κ1) is 14.8. The zero-order valence-electron chi connectivity index (χ0n) is 12.1. The average molecular weight is 333 g/mol. The van der Waals surface area contributed by atoms with Crippen molar-refractivity contribution in [2.24, 2.45) is 0 Å². The van der Waals surface area contributed by atoms with Crippen LogP contribution in [0.15, 0.2) is 54.6 Å². The minimum atomic E-state index is -4.44. The molecule has 0 radical (unpaired) electrons. The van der Waals surface area contributed by atoms with Gasteiger partial charge in [-0.2, -0.15) is 13.2 Å². The van der Waals surface area contributed by atoms with Crippen molar-refractivity contribution >= 4 is 11.7 Å². The normalized spacial score (nSPS) is 22.1. The van der Waals surface area contributed by atoms with Crippen molar-refractivity contribution in [1.82, 2.24) is 5.48 Å². The van der Waals surface area contributed by atoms with Crippen molar-refractivity contribution in [2.75, 3.05) is 0 Å². The third-order valence-electron chi connectivity index (χ3n) is 3.91. The molecule has 1 spiro atoms. The van der Waals surface area contributed by atoms with E-state index in [1.807, 2.05) is 0 Å². The van der Waals surface area contributed by atoms with Crippen LogP contribution in [0.5, 0.6) is 0 Å². The lowest BCUT2D eigenvalue weighted by atomic mass is 10.0. The maximum Gasteiger partial charge on any atom is 0.416 e. The van der Waals surface area contributed by atoms with Gasteiger partial charge in [-0.15, -0.1) is 0 Å². The molecule has 0 aliphatic carbocycles. The Morgan fingerprint density at radius 3 is 2.62 bits per heavy atom. The molecule has 4 nitrogen and oxygen atoms in total. The number of fused-ring (bicyclic) bond motifs is 2. The molecule has 2 aliphatic rings. The summed E-state index contributed by atoms with van der Waals surface area (Å²) >= 11 is 0. The quantitative estimate of drug-likeness (QED) is 0.810. The van der Waals surface area contributed by atoms with E-state index in [9.17, 15) is 18.0 Å². The van der Waals surface area contributed by atoms with Gasteiger partial charge in [0, 0.05) is 17.2 Å². The second kappa shape index (κ2) is 4.85. The summed E-state index contributed by atoms with van der Waals surface area (Å²) in [5.41, 5.74) is 3.23. The number of nitrogens with one attached hydrogen (secondary N) is 1. The Labute approximate surface area is 134 Å². The van der Waals surface area contributed by atoms with Crippen LogP contribution in [0, 0.1) is 0 Å². The van der Waals surface area contributed by atoms with Crippen molar-refractivity contribution in [1.29, 1.82) is 0 Å². The number of ether oxygens (including phenoxy) is 1. The summed E-state index contributed by atoms with van der Waals surface area (Å²) in [6.07, 6.45) is -2.98. The highest BCUT2D eigenvalue weighted by molar-refractivity contribution is 5.95. The molecule has 4 rings (SSSR count). The molecule has 122 valence electrons. The van der Waals surface area contributed by atoms with Crippen LogP contribution in [-0.4, -0.2) is 5.97 Å². The van der Waals surface area contributed by atoms with Gasteiger partial charge in [0.2, 0.25) is 0 Å². The molecule has 1 atom stereocenters. The molecular formula is C17H10F3NO3. The maximum absolute atomic E-state index is 12.9. The van der Waals surface area contributed by atoms with Crippen molar-refractivity contribution in [3.63, 3.8) is 0 Å². The molecule has 2 heterocycles. The van der Waals surface area contributed by atoms with E-state index in [0.717, 1.165) is 12.1 Å². The van der Waals surface area contributed by atoms with Crippen LogP contribution in [0.4, 0.5) is 13.2 Å². The fraction of sp³-hybridized carbons (Fsp3) is 0.118. The largest absolute Gasteiger partial charge is 0.419 e. The summed E-state index contributed by atoms with van der Waals surface area (Å²) < 4.78 is 43.9. The predicted octanol–water partition coefficient (Wildman–Crippen LogP) is 3.60. The standard InChI is InChI=1S/C17H10F3NO3/c18-17(19,20)11-5-3-4-10(8-11)14-9-16(24-21-14)13-7-2-1-6-12(13)15(22)23-16/h1-9,21H. The topological polar surface area (TPSA) is 47.6 Å². The second-order valence-corrected chi connectivity index (χ2v) is 5.44. The molecule has 7 heteroatoms. The first-order chi connectivity index (χ1) is 11.4. The molecule has 0 aromatic heterocycles. The summed E-state index contributed by atoms with van der Waals surface area (Å²) in [7, 11) is 0. The van der Waals surface area contributed by atoms with Crippen LogP contribution < -0.4 is 5.48 Å². The number of hydroxylamine groups is 1. The molecule has 0 saturated heterocycles. The lowest BCUT2D eigenvalue weighted by Crippen LogP contribution is -2.26. The highest BCUT2D eigenvalue weighted by Crippen LogP contribution is 2.43. The van der Waals surface area contributed by atoms with Crippen LogP contribution in [0.3, 0.4) is 0 Å². The van der Waals surface area contributed by atoms with Crippen molar-refractivity contribution in [3.05, 3.63) is 76.9 Å². The molecule has 1 unspecified atom stereocenters. The van der Waals surface area contributed by atoms with Crippen LogP contribution >= 0.6 is 0 Å². The molecule has 2 aromatic carbocycles. The highest BCUT2D eigenvalue weighted by Gasteiger charge is 2.49. The van der Waals surface area contributed by atoms with Gasteiger partial charge in [0.25, 0.3) is 5.79 Å². The molecule has 2 aromatic rings. The third-order valence-corrected chi connectivity index (χ3v) is 3.91. The van der Waals surface area contributed by atoms with Crippen LogP contribution in [-0.2, 0) is 21.5 Å². The SMILES string of the molecule is O=C1OC2(C=C(c3cccc(C(F)(F)F)c3)NO2)c2ccccc21. The van der Waals surface area contributed by atoms with E-state index in [1.165, 1.54) is 18.2 Å². The summed E-state index contributed by atoms with van der Waals surface area (Å²) in [6.45, 7) is 0. The Morgan fingerprint density at radius 1 is 1.04 bits per heavy atom. The number of halogens is 3. The molecule has 24 heavy (non-hydrogen) atoms. The first-order valence-corrected chi connectivity index (χ1v) is 7.06. The lowest BCUT2D eigenvalue weighted by Gasteiger charge is -2.18. The number of benzene rings is 2. The smallest absolute Gasteiger partial charge is 0.416 e. The van der Waals surface area contributed by atoms with E-state index >= 15 is 0 Å². The fourth-order valence-electron chi connectivity index (χ4n) is 2.78. The Kier molecular flexibility index (Phi) is 2.98. The Balaban J connectivity index is 1.76. The van der Waals surface area contributed by atoms with Gasteiger partial charge < -0.3 is 4.74 Å². The summed E-state index contributed by atoms with van der Waals surface area (Å²) in [6, 6.07) is 11.5. The van der Waals surface area contributed by atoms with Gasteiger partial charge in [0.15, 0.2) is 0 Å². The molecule has 0 bridgehead atoms. The van der Waals surface area contributed by atoms with Crippen molar-refractivity contribution in [2.45, 2.75) is 12.0 Å². The molecule has 0 amide bonds. The number of hydrogen-bond acceptors (Lipinski definition) is 4. The van der Waals surface area contributed by atoms with Gasteiger partial charge in [-0.1, -0.05) is 30.3 Å². The van der Waals surface area contributed by atoms with Crippen LogP contribution in [0.1, 0.15) is 27.0 Å². The lowest BCUT2D eigenvalue weighted by molar-refractivity contribution is -0.181. The molecule has 1 N–H and O–H groups in total. The monoisotopic (exact) mass is 333 g/mol. The summed E-state index contributed by atoms with van der Waals surface area (Å²) in [5.74, 6) is -2.01. The van der Waals surface area contributed by atoms with E-state index in [4.69, 9.17) is 9.57 Å². The van der Waals surface area contributed by atoms with Gasteiger partial charge in [-0.05, 0) is 18.2 Å². The van der Waals surface area contributed by atoms with Gasteiger partial charge in [-0.3, -0.25) is 5.48 Å². The van der Waals surface area contributed by atoms with Gasteiger partial charge >= 0.3 is 12.1 Å². The Hall–Kier alpha value is -2.80. The Bertz CT molecular complexity index is 875. The van der Waals surface area contributed by atoms with Gasteiger partial charge in [0.1, 0.15) is 0 Å². The van der Waals surface area contributed by atoms with Crippen LogP contribution in [0.25, 0.3) is 5.70 Å². The van der Waals surface area contributed by atoms with Crippen molar-refractivity contribution in [3.8, 4) is 0 Å². The Morgan fingerprint density at radius 2 is 1.83 bits per heavy atom. The van der Waals surface area contributed by atoms with E-state index in [1.54, 1.807) is 24.3 Å². The van der Waals surface area contributed by atoms with Crippen LogP contribution in [0.2, 0.25) is 0 Å². The average Bonchev–Trinajstić information content (AvgIpc) is 3.10. The second-order valence-electron chi connectivity index (χ2n) is 5.44. The summed E-state index contributed by atoms with van der Waals surface area (Å²) in [4.78, 5) is 17.4. The van der Waals surface area contributed by atoms with E-state index in [0.29, 0.717) is 16.8 Å². The van der Waals surface area contributed by atoms with E-state index in [2.05, 4.69) is 5.48 Å². The molecular weight excluding hydrogens is 323 g/mol. The van der Waals surface area contributed by atoms with Gasteiger partial charge in [0.05, 0.1) is 16.8 Å². The maximum atomic E-state index is 12.9. The number of rotatable bonds is 1. The zero-order chi connectivity index (χ0) is 16.9. The third kappa shape index (κ3) is 2.16. The molecule has 0 fully saturated rings. The molecule has 2 aliphatic heterocycles. The van der Waals surface area contributed by atoms with Crippen molar-refractivity contribution < 1.29 is 27.5 Å². The predicted molar refractivity (Wildman–Crippen MR) is 77.2 cm³/mol. The first-order valence-electron chi connectivity index (χ1n) is 7.06. The number of carbonyl (C=O) groups excluding carboxylic acids is 1. The van der Waals surface area contributed by atoms with Gasteiger partial charge in [-0.25, -0.2) is 9.63 Å². The zero-order valence-corrected chi connectivity index (χ0v) is 12.1. The van der Waals surface area contributed by atoms with E-state index < -0.39 is 23.5 Å². The molecule has 0 saturated carbocycles. The number of alkyl halides is 3. The number of esters is 1. The minimum Gasteiger partial charge on any atom is -0.419 e. The fourth-order valence-corrected chi connectivity index (χ4v) is 2.78. The highest BCUT2D eigenvalue weighted by atomic mass is 19.4. The minimum absolute atomic E-state index is 0.280. The number of hydrogen-bond donors (Lipinski definition) is 1. The van der Waals surface area contributed by atoms with E-state index in [-0.39, 0.29) is 5.56 Å².